The monoisotopic (exact) mass is 477 g/mol. The molecule has 5 rings (SSSR count). The van der Waals surface area contributed by atoms with Gasteiger partial charge in [0.1, 0.15) is 23.6 Å². The van der Waals surface area contributed by atoms with Gasteiger partial charge in [-0.05, 0) is 36.4 Å². The fourth-order valence-corrected chi connectivity index (χ4v) is 3.91. The Kier molecular flexibility index (Phi) is 6.40. The van der Waals surface area contributed by atoms with Gasteiger partial charge in [-0.1, -0.05) is 24.3 Å². The van der Waals surface area contributed by atoms with Crippen LogP contribution >= 0.6 is 0 Å². The summed E-state index contributed by atoms with van der Waals surface area (Å²) in [6.45, 7) is 0.858. The lowest BCUT2D eigenvalue weighted by Crippen LogP contribution is -2.06. The molecular weight excluding hydrogens is 454 g/mol. The van der Waals surface area contributed by atoms with E-state index in [0.29, 0.717) is 52.7 Å². The third-order valence-electron chi connectivity index (χ3n) is 5.70. The van der Waals surface area contributed by atoms with E-state index in [1.54, 1.807) is 31.3 Å². The highest BCUT2D eigenvalue weighted by Gasteiger charge is 2.16. The molecule has 36 heavy (non-hydrogen) atoms. The summed E-state index contributed by atoms with van der Waals surface area (Å²) >= 11 is 0. The average Bonchev–Trinajstić information content (AvgIpc) is 3.34. The summed E-state index contributed by atoms with van der Waals surface area (Å²) in [4.78, 5) is 10.8. The number of rotatable bonds is 8. The lowest BCUT2D eigenvalue weighted by Gasteiger charge is -2.13. The summed E-state index contributed by atoms with van der Waals surface area (Å²) in [5.74, 6) is 1.96. The summed E-state index contributed by atoms with van der Waals surface area (Å²) in [7, 11) is 3.24. The van der Waals surface area contributed by atoms with Crippen LogP contribution < -0.4 is 14.8 Å². The molecule has 0 aliphatic carbocycles. The maximum Gasteiger partial charge on any atom is 0.157 e. The van der Waals surface area contributed by atoms with Gasteiger partial charge < -0.3 is 14.8 Å². The smallest absolute Gasteiger partial charge is 0.157 e. The highest BCUT2D eigenvalue weighted by molar-refractivity contribution is 5.89. The highest BCUT2D eigenvalue weighted by Crippen LogP contribution is 2.30. The molecule has 3 aromatic heterocycles. The molecule has 0 amide bonds. The number of benzene rings is 2. The molecule has 5 aromatic rings. The molecule has 2 aromatic carbocycles. The quantitative estimate of drug-likeness (QED) is 0.349. The van der Waals surface area contributed by atoms with Crippen molar-refractivity contribution in [3.05, 3.63) is 89.7 Å². The van der Waals surface area contributed by atoms with Crippen molar-refractivity contribution < 1.29 is 9.47 Å². The van der Waals surface area contributed by atoms with Crippen LogP contribution in [-0.4, -0.2) is 39.2 Å². The summed E-state index contributed by atoms with van der Waals surface area (Å²) in [5, 5.41) is 22.4. The zero-order chi connectivity index (χ0) is 24.9. The van der Waals surface area contributed by atoms with Crippen LogP contribution in [-0.2, 0) is 13.1 Å². The van der Waals surface area contributed by atoms with Crippen molar-refractivity contribution in [3.63, 3.8) is 0 Å². The number of pyridine rings is 2. The van der Waals surface area contributed by atoms with Crippen LogP contribution in [0.3, 0.4) is 0 Å². The van der Waals surface area contributed by atoms with E-state index in [-0.39, 0.29) is 0 Å². The Balaban J connectivity index is 1.56. The Hall–Kier alpha value is -4.97. The number of hydrogen-bond donors (Lipinski definition) is 1. The number of nitriles is 1. The first-order valence-electron chi connectivity index (χ1n) is 11.3. The molecular formula is C27H23N7O2. The number of aromatic nitrogens is 5. The predicted octanol–water partition coefficient (Wildman–Crippen LogP) is 4.44. The van der Waals surface area contributed by atoms with Gasteiger partial charge in [-0.2, -0.15) is 15.2 Å². The second-order valence-corrected chi connectivity index (χ2v) is 7.96. The van der Waals surface area contributed by atoms with E-state index in [0.717, 1.165) is 16.8 Å². The molecule has 0 spiro atoms. The van der Waals surface area contributed by atoms with Crippen LogP contribution in [0, 0.1) is 11.3 Å². The summed E-state index contributed by atoms with van der Waals surface area (Å²) < 4.78 is 10.8. The van der Waals surface area contributed by atoms with Gasteiger partial charge in [0.15, 0.2) is 11.3 Å². The Morgan fingerprint density at radius 1 is 0.972 bits per heavy atom. The zero-order valence-corrected chi connectivity index (χ0v) is 19.8. The molecule has 0 aliphatic heterocycles. The lowest BCUT2D eigenvalue weighted by atomic mass is 10.0. The van der Waals surface area contributed by atoms with Crippen LogP contribution in [0.2, 0.25) is 0 Å². The van der Waals surface area contributed by atoms with Gasteiger partial charge >= 0.3 is 0 Å². The summed E-state index contributed by atoms with van der Waals surface area (Å²) in [5.41, 5.74) is 4.95. The Morgan fingerprint density at radius 3 is 2.61 bits per heavy atom. The van der Waals surface area contributed by atoms with Crippen molar-refractivity contribution in [1.29, 1.82) is 5.26 Å². The van der Waals surface area contributed by atoms with Crippen molar-refractivity contribution in [2.24, 2.45) is 0 Å². The van der Waals surface area contributed by atoms with Crippen molar-refractivity contribution in [1.82, 2.24) is 25.0 Å². The maximum atomic E-state index is 9.63. The summed E-state index contributed by atoms with van der Waals surface area (Å²) in [6.07, 6.45) is 1.74. The molecule has 9 heteroatoms. The van der Waals surface area contributed by atoms with Crippen molar-refractivity contribution in [3.8, 4) is 28.8 Å². The van der Waals surface area contributed by atoms with Crippen LogP contribution in [0.1, 0.15) is 16.8 Å². The van der Waals surface area contributed by atoms with E-state index in [4.69, 9.17) is 19.6 Å². The first-order chi connectivity index (χ1) is 17.7. The van der Waals surface area contributed by atoms with E-state index in [2.05, 4.69) is 21.5 Å². The Labute approximate surface area is 208 Å². The number of methoxy groups -OCH3 is 2. The van der Waals surface area contributed by atoms with Gasteiger partial charge in [0.25, 0.3) is 0 Å². The number of nitrogens with zero attached hydrogens (tertiary/aromatic N) is 6. The van der Waals surface area contributed by atoms with Gasteiger partial charge in [0, 0.05) is 29.9 Å². The number of fused-ring (bicyclic) bond motifs is 1. The summed E-state index contributed by atoms with van der Waals surface area (Å²) in [6, 6.07) is 22.8. The number of ether oxygens (including phenoxy) is 2. The van der Waals surface area contributed by atoms with Crippen LogP contribution in [0.4, 0.5) is 5.82 Å². The Bertz CT molecular complexity index is 1560. The van der Waals surface area contributed by atoms with Gasteiger partial charge in [-0.3, -0.25) is 4.98 Å². The standard InChI is InChI=1S/C27H23N7O2/c1-35-21-11-10-19(25(13-21)36-2)16-30-27-26-24(32-34(33-26)17-20-8-5-6-12-29-20)14-23(31-27)22-9-4-3-7-18(22)15-28/h3-14H,16-17H2,1-2H3,(H,30,31). The fourth-order valence-electron chi connectivity index (χ4n) is 3.91. The number of hydrogen-bond acceptors (Lipinski definition) is 8. The molecule has 0 aliphatic rings. The minimum atomic E-state index is 0.422. The molecule has 0 bridgehead atoms. The van der Waals surface area contributed by atoms with Gasteiger partial charge in [-0.15, -0.1) is 5.10 Å². The van der Waals surface area contributed by atoms with Gasteiger partial charge in [0.2, 0.25) is 0 Å². The zero-order valence-electron chi connectivity index (χ0n) is 19.8. The van der Waals surface area contributed by atoms with Crippen LogP contribution in [0.5, 0.6) is 11.5 Å². The van der Waals surface area contributed by atoms with E-state index < -0.39 is 0 Å². The maximum absolute atomic E-state index is 9.63. The van der Waals surface area contributed by atoms with Gasteiger partial charge in [-0.25, -0.2) is 4.98 Å². The first kappa shape index (κ1) is 22.8. The molecule has 178 valence electrons. The largest absolute Gasteiger partial charge is 0.497 e. The average molecular weight is 478 g/mol. The third-order valence-corrected chi connectivity index (χ3v) is 5.70. The molecule has 0 saturated carbocycles. The van der Waals surface area contributed by atoms with E-state index in [1.807, 2.05) is 60.7 Å². The third kappa shape index (κ3) is 4.65. The van der Waals surface area contributed by atoms with E-state index in [9.17, 15) is 5.26 Å². The highest BCUT2D eigenvalue weighted by atomic mass is 16.5. The first-order valence-corrected chi connectivity index (χ1v) is 11.3. The minimum Gasteiger partial charge on any atom is -0.497 e. The Morgan fingerprint density at radius 2 is 1.83 bits per heavy atom. The second-order valence-electron chi connectivity index (χ2n) is 7.96. The van der Waals surface area contributed by atoms with E-state index in [1.165, 1.54) is 0 Å². The molecule has 0 radical (unpaired) electrons. The number of anilines is 1. The molecule has 0 saturated heterocycles. The van der Waals surface area contributed by atoms with Crippen molar-refractivity contribution in [2.75, 3.05) is 19.5 Å². The molecule has 0 fully saturated rings. The lowest BCUT2D eigenvalue weighted by molar-refractivity contribution is 0.391. The molecule has 0 unspecified atom stereocenters. The van der Waals surface area contributed by atoms with Crippen LogP contribution in [0.25, 0.3) is 22.3 Å². The minimum absolute atomic E-state index is 0.422. The fraction of sp³-hybridized carbons (Fsp3) is 0.148. The second kappa shape index (κ2) is 10.1. The number of nitrogens with one attached hydrogen (secondary N) is 1. The molecule has 1 N–H and O–H groups in total. The van der Waals surface area contributed by atoms with Gasteiger partial charge in [0.05, 0.1) is 37.2 Å². The van der Waals surface area contributed by atoms with Crippen molar-refractivity contribution in [2.45, 2.75) is 13.1 Å². The molecule has 9 nitrogen and oxygen atoms in total. The molecule has 3 heterocycles. The van der Waals surface area contributed by atoms with Crippen LogP contribution in [0.15, 0.2) is 72.9 Å². The molecule has 0 atom stereocenters. The van der Waals surface area contributed by atoms with Crippen molar-refractivity contribution >= 4 is 16.9 Å². The normalized spacial score (nSPS) is 10.7. The SMILES string of the molecule is COc1ccc(CNc2nc(-c3ccccc3C#N)cc3nn(Cc4ccccn4)nc23)c(OC)c1. The van der Waals surface area contributed by atoms with E-state index >= 15 is 0 Å². The topological polar surface area (TPSA) is 111 Å². The predicted molar refractivity (Wildman–Crippen MR) is 136 cm³/mol.